The largest absolute Gasteiger partial charge is 0.294 e. The Bertz CT molecular complexity index is 328. The molecule has 1 aliphatic rings. The van der Waals surface area contributed by atoms with Crippen LogP contribution >= 0.6 is 0 Å². The lowest BCUT2D eigenvalue weighted by molar-refractivity contribution is 0.0920. The minimum atomic E-state index is 0.289. The summed E-state index contributed by atoms with van der Waals surface area (Å²) in [4.78, 5) is 12.1. The van der Waals surface area contributed by atoms with Gasteiger partial charge in [0.25, 0.3) is 0 Å². The zero-order valence-corrected chi connectivity index (χ0v) is 9.28. The lowest BCUT2D eigenvalue weighted by atomic mass is 9.95. The van der Waals surface area contributed by atoms with E-state index in [1.165, 1.54) is 12.8 Å². The molecule has 2 unspecified atom stereocenters. The normalized spacial score (nSPS) is 25.4. The molecule has 1 aliphatic carbocycles. The number of Topliss-reactive ketones (excluding diaryl/α,β-unsaturated/α-hetero) is 1. The molecule has 0 aliphatic heterocycles. The van der Waals surface area contributed by atoms with E-state index in [0.717, 1.165) is 24.3 Å². The zero-order valence-electron chi connectivity index (χ0n) is 9.28. The van der Waals surface area contributed by atoms with Crippen LogP contribution in [0.4, 0.5) is 0 Å². The van der Waals surface area contributed by atoms with Crippen LogP contribution in [0.3, 0.4) is 0 Å². The summed E-state index contributed by atoms with van der Waals surface area (Å²) in [5, 5.41) is 0. The lowest BCUT2D eigenvalue weighted by Crippen LogP contribution is -2.11. The fraction of sp³-hybridized carbons (Fsp3) is 0.500. The molecule has 1 heteroatoms. The summed E-state index contributed by atoms with van der Waals surface area (Å²) in [5.74, 6) is 1.42. The van der Waals surface area contributed by atoms with Crippen molar-refractivity contribution in [3.05, 3.63) is 35.9 Å². The number of ketones is 1. The van der Waals surface area contributed by atoms with E-state index in [-0.39, 0.29) is 5.92 Å². The molecule has 0 N–H and O–H groups in total. The van der Waals surface area contributed by atoms with E-state index in [0.29, 0.717) is 5.78 Å². The Kier molecular flexibility index (Phi) is 3.20. The lowest BCUT2D eigenvalue weighted by Gasteiger charge is -2.08. The topological polar surface area (TPSA) is 17.1 Å². The predicted octanol–water partition coefficient (Wildman–Crippen LogP) is 3.70. The molecule has 0 bridgehead atoms. The highest BCUT2D eigenvalue weighted by atomic mass is 16.1. The van der Waals surface area contributed by atoms with Crippen molar-refractivity contribution >= 4 is 5.78 Å². The van der Waals surface area contributed by atoms with Gasteiger partial charge in [-0.1, -0.05) is 43.7 Å². The van der Waals surface area contributed by atoms with Gasteiger partial charge in [0.15, 0.2) is 5.78 Å². The molecule has 0 aromatic heterocycles. The molecule has 15 heavy (non-hydrogen) atoms. The van der Waals surface area contributed by atoms with Gasteiger partial charge in [0.1, 0.15) is 0 Å². The summed E-state index contributed by atoms with van der Waals surface area (Å²) in [6.07, 6.45) is 4.65. The van der Waals surface area contributed by atoms with Crippen LogP contribution in [0.25, 0.3) is 0 Å². The summed E-state index contributed by atoms with van der Waals surface area (Å²) in [7, 11) is 0. The van der Waals surface area contributed by atoms with E-state index >= 15 is 0 Å². The second kappa shape index (κ2) is 4.61. The van der Waals surface area contributed by atoms with Crippen molar-refractivity contribution in [1.82, 2.24) is 0 Å². The minimum Gasteiger partial charge on any atom is -0.294 e. The number of rotatable bonds is 3. The van der Waals surface area contributed by atoms with E-state index in [9.17, 15) is 4.79 Å². The van der Waals surface area contributed by atoms with Gasteiger partial charge in [-0.2, -0.15) is 0 Å². The first-order valence-corrected chi connectivity index (χ1v) is 5.90. The molecule has 1 aromatic carbocycles. The smallest absolute Gasteiger partial charge is 0.165 e. The van der Waals surface area contributed by atoms with Gasteiger partial charge in [-0.25, -0.2) is 0 Å². The number of benzene rings is 1. The fourth-order valence-electron chi connectivity index (χ4n) is 2.52. The third-order valence-electron chi connectivity index (χ3n) is 3.55. The Hall–Kier alpha value is -1.11. The maximum atomic E-state index is 12.1. The highest BCUT2D eigenvalue weighted by molar-refractivity contribution is 5.97. The first-order valence-electron chi connectivity index (χ1n) is 5.90. The number of hydrogen-bond acceptors (Lipinski definition) is 1. The molecule has 0 radical (unpaired) electrons. The molecule has 2 rings (SSSR count). The van der Waals surface area contributed by atoms with Gasteiger partial charge < -0.3 is 0 Å². The van der Waals surface area contributed by atoms with Gasteiger partial charge in [-0.15, -0.1) is 0 Å². The molecule has 0 amide bonds. The Morgan fingerprint density at radius 1 is 1.27 bits per heavy atom. The van der Waals surface area contributed by atoms with Crippen LogP contribution in [0.1, 0.15) is 43.0 Å². The molecule has 0 heterocycles. The van der Waals surface area contributed by atoms with Gasteiger partial charge in [0.2, 0.25) is 0 Å². The Labute approximate surface area is 91.5 Å². The highest BCUT2D eigenvalue weighted by Crippen LogP contribution is 2.34. The van der Waals surface area contributed by atoms with Gasteiger partial charge in [-0.05, 0) is 25.2 Å². The van der Waals surface area contributed by atoms with E-state index in [2.05, 4.69) is 6.92 Å². The Morgan fingerprint density at radius 2 is 2.00 bits per heavy atom. The SMILES string of the molecule is CCC1CCC(C(=O)c2ccccc2)C1. The van der Waals surface area contributed by atoms with E-state index in [1.807, 2.05) is 30.3 Å². The molecule has 1 aromatic rings. The van der Waals surface area contributed by atoms with Crippen LogP contribution in [0.2, 0.25) is 0 Å². The fourth-order valence-corrected chi connectivity index (χ4v) is 2.52. The van der Waals surface area contributed by atoms with Crippen LogP contribution in [-0.2, 0) is 0 Å². The molecule has 2 atom stereocenters. The maximum Gasteiger partial charge on any atom is 0.165 e. The quantitative estimate of drug-likeness (QED) is 0.683. The van der Waals surface area contributed by atoms with Crippen LogP contribution < -0.4 is 0 Å². The Morgan fingerprint density at radius 3 is 2.60 bits per heavy atom. The van der Waals surface area contributed by atoms with E-state index < -0.39 is 0 Å². The van der Waals surface area contributed by atoms with Crippen LogP contribution in [0.15, 0.2) is 30.3 Å². The monoisotopic (exact) mass is 202 g/mol. The maximum absolute atomic E-state index is 12.1. The van der Waals surface area contributed by atoms with Crippen molar-refractivity contribution in [2.45, 2.75) is 32.6 Å². The molecule has 1 saturated carbocycles. The van der Waals surface area contributed by atoms with Crippen LogP contribution in [0.5, 0.6) is 0 Å². The van der Waals surface area contributed by atoms with Crippen LogP contribution in [-0.4, -0.2) is 5.78 Å². The summed E-state index contributed by atoms with van der Waals surface area (Å²) in [5.41, 5.74) is 0.888. The second-order valence-corrected chi connectivity index (χ2v) is 4.51. The molecule has 0 spiro atoms. The third kappa shape index (κ3) is 2.28. The van der Waals surface area contributed by atoms with E-state index in [1.54, 1.807) is 0 Å². The predicted molar refractivity (Wildman–Crippen MR) is 61.9 cm³/mol. The standard InChI is InChI=1S/C14H18O/c1-2-11-8-9-13(10-11)14(15)12-6-4-3-5-7-12/h3-7,11,13H,2,8-10H2,1H3. The summed E-state index contributed by atoms with van der Waals surface area (Å²) >= 11 is 0. The van der Waals surface area contributed by atoms with Crippen molar-refractivity contribution in [1.29, 1.82) is 0 Å². The van der Waals surface area contributed by atoms with Gasteiger partial charge in [0, 0.05) is 11.5 Å². The number of carbonyl (C=O) groups is 1. The van der Waals surface area contributed by atoms with Crippen molar-refractivity contribution in [3.63, 3.8) is 0 Å². The summed E-state index contributed by atoms with van der Waals surface area (Å²) < 4.78 is 0. The first kappa shape index (κ1) is 10.4. The zero-order chi connectivity index (χ0) is 10.7. The average molecular weight is 202 g/mol. The molecule has 1 nitrogen and oxygen atoms in total. The molecule has 0 saturated heterocycles. The van der Waals surface area contributed by atoms with Gasteiger partial charge >= 0.3 is 0 Å². The van der Waals surface area contributed by atoms with Gasteiger partial charge in [-0.3, -0.25) is 4.79 Å². The van der Waals surface area contributed by atoms with Crippen molar-refractivity contribution in [2.75, 3.05) is 0 Å². The van der Waals surface area contributed by atoms with Gasteiger partial charge in [0.05, 0.1) is 0 Å². The van der Waals surface area contributed by atoms with Crippen LogP contribution in [0, 0.1) is 11.8 Å². The molecule has 1 fully saturated rings. The summed E-state index contributed by atoms with van der Waals surface area (Å²) in [6, 6.07) is 9.71. The van der Waals surface area contributed by atoms with E-state index in [4.69, 9.17) is 0 Å². The summed E-state index contributed by atoms with van der Waals surface area (Å²) in [6.45, 7) is 2.22. The second-order valence-electron chi connectivity index (χ2n) is 4.51. The highest BCUT2D eigenvalue weighted by Gasteiger charge is 2.29. The number of carbonyl (C=O) groups excluding carboxylic acids is 1. The molecular formula is C14H18O. The third-order valence-corrected chi connectivity index (χ3v) is 3.55. The molecular weight excluding hydrogens is 184 g/mol. The van der Waals surface area contributed by atoms with Crippen molar-refractivity contribution < 1.29 is 4.79 Å². The van der Waals surface area contributed by atoms with Crippen molar-refractivity contribution in [2.24, 2.45) is 11.8 Å². The van der Waals surface area contributed by atoms with Crippen molar-refractivity contribution in [3.8, 4) is 0 Å². The molecule has 80 valence electrons. The number of hydrogen-bond donors (Lipinski definition) is 0. The average Bonchev–Trinajstić information content (AvgIpc) is 2.78. The first-order chi connectivity index (χ1) is 7.31. The Balaban J connectivity index is 2.04. The minimum absolute atomic E-state index is 0.289.